The van der Waals surface area contributed by atoms with E-state index < -0.39 is 0 Å². The van der Waals surface area contributed by atoms with Crippen LogP contribution in [-0.4, -0.2) is 9.97 Å². The number of nitrogens with zero attached hydrogens (tertiary/aromatic N) is 1. The molecular formula is C12H18N2. The van der Waals surface area contributed by atoms with Crippen LogP contribution in [0.15, 0.2) is 18.3 Å². The quantitative estimate of drug-likeness (QED) is 0.733. The van der Waals surface area contributed by atoms with E-state index in [4.69, 9.17) is 0 Å². The van der Waals surface area contributed by atoms with Crippen molar-refractivity contribution < 1.29 is 0 Å². The predicted molar refractivity (Wildman–Crippen MR) is 61.6 cm³/mol. The second kappa shape index (κ2) is 4.80. The number of pyridine rings is 1. The normalized spacial score (nSPS) is 9.71. The topological polar surface area (TPSA) is 28.7 Å². The van der Waals surface area contributed by atoms with Gasteiger partial charge in [0.2, 0.25) is 0 Å². The number of nitrogens with one attached hydrogen (secondary N) is 1. The van der Waals surface area contributed by atoms with Crippen LogP contribution in [-0.2, 0) is 6.42 Å². The molecule has 2 aromatic rings. The maximum Gasteiger partial charge on any atom is 0.0881 e. The standard InChI is InChI=1S/C10H12N2.C2H6/c1-3-8-5-9-10(12-8)4-7(2)6-11-9;1-2/h4-6,12H,3H2,1-2H3;1-2H3. The third-order valence-corrected chi connectivity index (χ3v) is 2.04. The van der Waals surface area contributed by atoms with Crippen LogP contribution in [0.4, 0.5) is 0 Å². The molecular weight excluding hydrogens is 172 g/mol. The van der Waals surface area contributed by atoms with E-state index in [2.05, 4.69) is 35.9 Å². The Labute approximate surface area is 85.4 Å². The monoisotopic (exact) mass is 190 g/mol. The highest BCUT2D eigenvalue weighted by Crippen LogP contribution is 2.13. The van der Waals surface area contributed by atoms with Gasteiger partial charge in [0.15, 0.2) is 0 Å². The van der Waals surface area contributed by atoms with Crippen molar-refractivity contribution >= 4 is 11.0 Å². The molecule has 0 spiro atoms. The summed E-state index contributed by atoms with van der Waals surface area (Å²) < 4.78 is 0. The van der Waals surface area contributed by atoms with Gasteiger partial charge in [0.1, 0.15) is 0 Å². The van der Waals surface area contributed by atoms with E-state index >= 15 is 0 Å². The van der Waals surface area contributed by atoms with Crippen molar-refractivity contribution in [1.82, 2.24) is 9.97 Å². The van der Waals surface area contributed by atoms with Crippen LogP contribution in [0.2, 0.25) is 0 Å². The second-order valence-corrected chi connectivity index (χ2v) is 3.09. The molecule has 0 atom stereocenters. The summed E-state index contributed by atoms with van der Waals surface area (Å²) >= 11 is 0. The van der Waals surface area contributed by atoms with Crippen LogP contribution in [0.3, 0.4) is 0 Å². The van der Waals surface area contributed by atoms with Crippen molar-refractivity contribution in [2.45, 2.75) is 34.1 Å². The van der Waals surface area contributed by atoms with Crippen LogP contribution < -0.4 is 0 Å². The van der Waals surface area contributed by atoms with Crippen molar-refractivity contribution in [3.63, 3.8) is 0 Å². The summed E-state index contributed by atoms with van der Waals surface area (Å²) in [6, 6.07) is 4.23. The van der Waals surface area contributed by atoms with Crippen LogP contribution in [0.5, 0.6) is 0 Å². The number of rotatable bonds is 1. The van der Waals surface area contributed by atoms with Crippen molar-refractivity contribution in [3.8, 4) is 0 Å². The molecule has 0 saturated heterocycles. The number of H-pyrrole nitrogens is 1. The lowest BCUT2D eigenvalue weighted by molar-refractivity contribution is 1.07. The number of aromatic nitrogens is 2. The highest BCUT2D eigenvalue weighted by Gasteiger charge is 1.99. The Balaban J connectivity index is 0.000000461. The van der Waals surface area contributed by atoms with Gasteiger partial charge >= 0.3 is 0 Å². The molecule has 0 saturated carbocycles. The van der Waals surface area contributed by atoms with Gasteiger partial charge in [-0.25, -0.2) is 0 Å². The van der Waals surface area contributed by atoms with Crippen LogP contribution in [0.25, 0.3) is 11.0 Å². The number of aromatic amines is 1. The van der Waals surface area contributed by atoms with Crippen molar-refractivity contribution in [1.29, 1.82) is 0 Å². The average molecular weight is 190 g/mol. The Kier molecular flexibility index (Phi) is 3.69. The van der Waals surface area contributed by atoms with Crippen LogP contribution in [0.1, 0.15) is 32.0 Å². The summed E-state index contributed by atoms with van der Waals surface area (Å²) in [5.41, 5.74) is 4.67. The summed E-state index contributed by atoms with van der Waals surface area (Å²) in [7, 11) is 0. The third kappa shape index (κ3) is 2.13. The first-order valence-corrected chi connectivity index (χ1v) is 5.24. The van der Waals surface area contributed by atoms with E-state index in [1.165, 1.54) is 11.3 Å². The zero-order valence-corrected chi connectivity index (χ0v) is 9.39. The third-order valence-electron chi connectivity index (χ3n) is 2.04. The average Bonchev–Trinajstić information content (AvgIpc) is 2.62. The molecule has 0 aliphatic carbocycles. The molecule has 2 nitrogen and oxygen atoms in total. The van der Waals surface area contributed by atoms with E-state index in [0.717, 1.165) is 17.5 Å². The SMILES string of the molecule is CC.CCc1cc2ncc(C)cc2[nH]1. The molecule has 2 heterocycles. The molecule has 76 valence electrons. The first-order valence-electron chi connectivity index (χ1n) is 5.24. The number of hydrogen-bond acceptors (Lipinski definition) is 1. The minimum absolute atomic E-state index is 1.04. The van der Waals surface area contributed by atoms with Gasteiger partial charge in [-0.1, -0.05) is 20.8 Å². The van der Waals surface area contributed by atoms with E-state index in [1.54, 1.807) is 0 Å². The van der Waals surface area contributed by atoms with Crippen molar-refractivity contribution in [2.75, 3.05) is 0 Å². The van der Waals surface area contributed by atoms with E-state index in [1.807, 2.05) is 20.0 Å². The van der Waals surface area contributed by atoms with E-state index in [9.17, 15) is 0 Å². The molecule has 0 fully saturated rings. The summed E-state index contributed by atoms with van der Waals surface area (Å²) in [4.78, 5) is 7.64. The fraction of sp³-hybridized carbons (Fsp3) is 0.417. The second-order valence-electron chi connectivity index (χ2n) is 3.09. The lowest BCUT2D eigenvalue weighted by Gasteiger charge is -1.90. The lowest BCUT2D eigenvalue weighted by atomic mass is 10.3. The zero-order chi connectivity index (χ0) is 10.6. The molecule has 2 aromatic heterocycles. The number of hydrogen-bond donors (Lipinski definition) is 1. The van der Waals surface area contributed by atoms with Crippen LogP contribution >= 0.6 is 0 Å². The molecule has 2 rings (SSSR count). The van der Waals surface area contributed by atoms with Gasteiger partial charge in [-0.3, -0.25) is 4.98 Å². The van der Waals surface area contributed by atoms with Gasteiger partial charge in [0, 0.05) is 11.9 Å². The van der Waals surface area contributed by atoms with Crippen molar-refractivity contribution in [3.05, 3.63) is 29.6 Å². The zero-order valence-electron chi connectivity index (χ0n) is 9.39. The summed E-state index contributed by atoms with van der Waals surface area (Å²) in [5.74, 6) is 0. The van der Waals surface area contributed by atoms with Gasteiger partial charge in [-0.2, -0.15) is 0 Å². The molecule has 2 heteroatoms. The smallest absolute Gasteiger partial charge is 0.0881 e. The molecule has 0 unspecified atom stereocenters. The lowest BCUT2D eigenvalue weighted by Crippen LogP contribution is -1.77. The number of aryl methyl sites for hydroxylation is 2. The molecule has 0 amide bonds. The minimum Gasteiger partial charge on any atom is -0.357 e. The number of fused-ring (bicyclic) bond motifs is 1. The maximum absolute atomic E-state index is 4.32. The Bertz CT molecular complexity index is 402. The van der Waals surface area contributed by atoms with Crippen LogP contribution in [0, 0.1) is 6.92 Å². The molecule has 0 bridgehead atoms. The van der Waals surface area contributed by atoms with Gasteiger partial charge in [0.25, 0.3) is 0 Å². The first kappa shape index (κ1) is 10.8. The van der Waals surface area contributed by atoms with Gasteiger partial charge in [0.05, 0.1) is 11.0 Å². The molecule has 1 N–H and O–H groups in total. The van der Waals surface area contributed by atoms with Gasteiger partial charge < -0.3 is 4.98 Å². The fourth-order valence-electron chi connectivity index (χ4n) is 1.36. The molecule has 0 aromatic carbocycles. The Morgan fingerprint density at radius 1 is 1.29 bits per heavy atom. The largest absolute Gasteiger partial charge is 0.357 e. The summed E-state index contributed by atoms with van der Waals surface area (Å²) in [5, 5.41) is 0. The minimum atomic E-state index is 1.04. The Morgan fingerprint density at radius 3 is 2.64 bits per heavy atom. The molecule has 0 aliphatic rings. The highest BCUT2D eigenvalue weighted by molar-refractivity contribution is 5.76. The molecule has 0 radical (unpaired) electrons. The predicted octanol–water partition coefficient (Wildman–Crippen LogP) is 3.46. The highest BCUT2D eigenvalue weighted by atomic mass is 14.8. The maximum atomic E-state index is 4.32. The van der Waals surface area contributed by atoms with Gasteiger partial charge in [-0.05, 0) is 31.0 Å². The van der Waals surface area contributed by atoms with E-state index in [-0.39, 0.29) is 0 Å². The Hall–Kier alpha value is -1.31. The molecule has 14 heavy (non-hydrogen) atoms. The fourth-order valence-corrected chi connectivity index (χ4v) is 1.36. The van der Waals surface area contributed by atoms with Gasteiger partial charge in [-0.15, -0.1) is 0 Å². The van der Waals surface area contributed by atoms with Crippen molar-refractivity contribution in [2.24, 2.45) is 0 Å². The molecule has 0 aliphatic heterocycles. The summed E-state index contributed by atoms with van der Waals surface area (Å²) in [6.45, 7) is 8.19. The van der Waals surface area contributed by atoms with E-state index in [0.29, 0.717) is 0 Å². The Morgan fingerprint density at radius 2 is 2.00 bits per heavy atom. The first-order chi connectivity index (χ1) is 6.79. The summed E-state index contributed by atoms with van der Waals surface area (Å²) in [6.07, 6.45) is 2.94.